The van der Waals surface area contributed by atoms with Crippen LogP contribution < -0.4 is 5.32 Å². The van der Waals surface area contributed by atoms with Gasteiger partial charge in [-0.1, -0.05) is 4.49 Å². The van der Waals surface area contributed by atoms with Gasteiger partial charge < -0.3 is 5.32 Å². The Morgan fingerprint density at radius 2 is 2.23 bits per heavy atom. The van der Waals surface area contributed by atoms with Crippen LogP contribution in [0.5, 0.6) is 0 Å². The molecule has 0 aliphatic carbocycles. The van der Waals surface area contributed by atoms with Gasteiger partial charge in [0, 0.05) is 30.7 Å². The minimum absolute atomic E-state index is 0.160. The molecule has 0 unspecified atom stereocenters. The summed E-state index contributed by atoms with van der Waals surface area (Å²) < 4.78 is 3.77. The summed E-state index contributed by atoms with van der Waals surface area (Å²) in [5, 5.41) is 6.71. The van der Waals surface area contributed by atoms with Crippen LogP contribution in [0.4, 0.5) is 0 Å². The van der Waals surface area contributed by atoms with Gasteiger partial charge >= 0.3 is 0 Å². The summed E-state index contributed by atoms with van der Waals surface area (Å²) in [6, 6.07) is 7.63. The number of hydrogen-bond donors (Lipinski definition) is 1. The van der Waals surface area contributed by atoms with Crippen molar-refractivity contribution in [2.24, 2.45) is 0 Å². The summed E-state index contributed by atoms with van der Waals surface area (Å²) >= 11 is 1.10. The maximum Gasteiger partial charge on any atom is 0.265 e. The Morgan fingerprint density at radius 1 is 1.32 bits per heavy atom. The van der Waals surface area contributed by atoms with E-state index in [2.05, 4.69) is 24.9 Å². The van der Waals surface area contributed by atoms with Crippen molar-refractivity contribution in [3.8, 4) is 11.3 Å². The normalized spacial score (nSPS) is 10.4. The predicted molar refractivity (Wildman–Crippen MR) is 83.3 cm³/mol. The third kappa shape index (κ3) is 3.15. The molecule has 0 aliphatic heterocycles. The Bertz CT molecular complexity index is 787. The van der Waals surface area contributed by atoms with Gasteiger partial charge in [0.25, 0.3) is 5.91 Å². The third-order valence-electron chi connectivity index (χ3n) is 3.09. The minimum atomic E-state index is -0.160. The van der Waals surface area contributed by atoms with E-state index < -0.39 is 0 Å². The van der Waals surface area contributed by atoms with Gasteiger partial charge in [-0.25, -0.2) is 0 Å². The van der Waals surface area contributed by atoms with E-state index in [-0.39, 0.29) is 5.91 Å². The number of hydrogen-bond acceptors (Lipinski definition) is 6. The first-order chi connectivity index (χ1) is 10.7. The van der Waals surface area contributed by atoms with Crippen LogP contribution in [0.25, 0.3) is 11.3 Å². The number of nitrogens with one attached hydrogen (secondary N) is 1. The van der Waals surface area contributed by atoms with E-state index in [0.29, 0.717) is 17.1 Å². The van der Waals surface area contributed by atoms with E-state index in [1.54, 1.807) is 25.5 Å². The molecule has 22 heavy (non-hydrogen) atoms. The zero-order chi connectivity index (χ0) is 15.4. The average Bonchev–Trinajstić information content (AvgIpc) is 3.00. The van der Waals surface area contributed by atoms with Crippen LogP contribution in [0, 0.1) is 6.92 Å². The van der Waals surface area contributed by atoms with Crippen LogP contribution in [0.15, 0.2) is 42.9 Å². The summed E-state index contributed by atoms with van der Waals surface area (Å²) in [5.41, 5.74) is 3.39. The van der Waals surface area contributed by atoms with E-state index in [9.17, 15) is 4.79 Å². The molecule has 0 radical (unpaired) electrons. The fraction of sp³-hybridized carbons (Fsp3) is 0.133. The summed E-state index contributed by atoms with van der Waals surface area (Å²) in [4.78, 5) is 21.0. The van der Waals surface area contributed by atoms with Gasteiger partial charge in [0.2, 0.25) is 0 Å². The van der Waals surface area contributed by atoms with Gasteiger partial charge in [-0.05, 0) is 48.3 Å². The molecule has 0 aromatic carbocycles. The molecular weight excluding hydrogens is 298 g/mol. The van der Waals surface area contributed by atoms with Crippen molar-refractivity contribution in [2.45, 2.75) is 13.5 Å². The molecule has 3 rings (SSSR count). The molecule has 3 heterocycles. The third-order valence-corrected chi connectivity index (χ3v) is 3.92. The molecule has 0 saturated heterocycles. The van der Waals surface area contributed by atoms with E-state index in [0.717, 1.165) is 28.4 Å². The molecular formula is C15H13N5OS. The first kappa shape index (κ1) is 14.3. The zero-order valence-electron chi connectivity index (χ0n) is 11.9. The first-order valence-electron chi connectivity index (χ1n) is 6.66. The zero-order valence-corrected chi connectivity index (χ0v) is 12.7. The van der Waals surface area contributed by atoms with Crippen LogP contribution in [-0.2, 0) is 6.54 Å². The lowest BCUT2D eigenvalue weighted by atomic mass is 10.1. The highest BCUT2D eigenvalue weighted by Crippen LogP contribution is 2.16. The molecule has 0 atom stereocenters. The maximum atomic E-state index is 12.0. The van der Waals surface area contributed by atoms with Gasteiger partial charge in [-0.15, -0.1) is 5.10 Å². The molecule has 0 bridgehead atoms. The van der Waals surface area contributed by atoms with Crippen LogP contribution in [0.2, 0.25) is 0 Å². The van der Waals surface area contributed by atoms with E-state index in [1.807, 2.05) is 24.3 Å². The Hall–Kier alpha value is -2.67. The minimum Gasteiger partial charge on any atom is -0.347 e. The SMILES string of the molecule is Cc1nnsc1C(=O)NCc1ccnc(-c2cccnc2)c1. The average molecular weight is 311 g/mol. The fourth-order valence-corrected chi connectivity index (χ4v) is 2.53. The molecule has 7 heteroatoms. The lowest BCUT2D eigenvalue weighted by molar-refractivity contribution is 0.0954. The maximum absolute atomic E-state index is 12.0. The van der Waals surface area contributed by atoms with Crippen LogP contribution in [-0.4, -0.2) is 25.5 Å². The van der Waals surface area contributed by atoms with Crippen molar-refractivity contribution >= 4 is 17.4 Å². The predicted octanol–water partition coefficient (Wildman–Crippen LogP) is 2.23. The smallest absolute Gasteiger partial charge is 0.265 e. The second kappa shape index (κ2) is 6.40. The molecule has 6 nitrogen and oxygen atoms in total. The highest BCUT2D eigenvalue weighted by molar-refractivity contribution is 7.07. The molecule has 0 saturated carbocycles. The van der Waals surface area contributed by atoms with Crippen molar-refractivity contribution in [3.63, 3.8) is 0 Å². The van der Waals surface area contributed by atoms with Gasteiger partial charge in [0.15, 0.2) is 0 Å². The number of nitrogens with zero attached hydrogens (tertiary/aromatic N) is 4. The highest BCUT2D eigenvalue weighted by atomic mass is 32.1. The summed E-state index contributed by atoms with van der Waals surface area (Å²) in [5.74, 6) is -0.160. The molecule has 0 aliphatic rings. The lowest BCUT2D eigenvalue weighted by Crippen LogP contribution is -2.22. The van der Waals surface area contributed by atoms with Gasteiger partial charge in [-0.2, -0.15) is 0 Å². The number of rotatable bonds is 4. The molecule has 1 amide bonds. The number of aromatic nitrogens is 4. The molecule has 1 N–H and O–H groups in total. The van der Waals surface area contributed by atoms with E-state index in [4.69, 9.17) is 0 Å². The Balaban J connectivity index is 1.71. The number of aryl methyl sites for hydroxylation is 1. The van der Waals surface area contributed by atoms with Crippen molar-refractivity contribution in [3.05, 3.63) is 59.0 Å². The van der Waals surface area contributed by atoms with Crippen molar-refractivity contribution in [1.82, 2.24) is 24.9 Å². The molecule has 110 valence electrons. The molecule has 3 aromatic heterocycles. The number of carbonyl (C=O) groups excluding carboxylic acids is 1. The second-order valence-corrected chi connectivity index (χ2v) is 5.42. The van der Waals surface area contributed by atoms with Crippen molar-refractivity contribution in [1.29, 1.82) is 0 Å². The Kier molecular flexibility index (Phi) is 4.15. The van der Waals surface area contributed by atoms with Crippen molar-refractivity contribution < 1.29 is 4.79 Å². The second-order valence-electron chi connectivity index (χ2n) is 4.66. The van der Waals surface area contributed by atoms with Crippen LogP contribution >= 0.6 is 11.5 Å². The largest absolute Gasteiger partial charge is 0.347 e. The Labute approximate surface area is 131 Å². The first-order valence-corrected chi connectivity index (χ1v) is 7.44. The van der Waals surface area contributed by atoms with Crippen LogP contribution in [0.3, 0.4) is 0 Å². The monoisotopic (exact) mass is 311 g/mol. The van der Waals surface area contributed by atoms with Gasteiger partial charge in [0.05, 0.1) is 11.4 Å². The fourth-order valence-electron chi connectivity index (χ4n) is 1.96. The lowest BCUT2D eigenvalue weighted by Gasteiger charge is -2.06. The van der Waals surface area contributed by atoms with Gasteiger partial charge in [0.1, 0.15) is 4.88 Å². The Morgan fingerprint density at radius 3 is 2.95 bits per heavy atom. The quantitative estimate of drug-likeness (QED) is 0.799. The number of amides is 1. The highest BCUT2D eigenvalue weighted by Gasteiger charge is 2.12. The summed E-state index contributed by atoms with van der Waals surface area (Å²) in [7, 11) is 0. The van der Waals surface area contributed by atoms with Crippen LogP contribution in [0.1, 0.15) is 20.9 Å². The van der Waals surface area contributed by atoms with E-state index >= 15 is 0 Å². The topological polar surface area (TPSA) is 80.7 Å². The van der Waals surface area contributed by atoms with Gasteiger partial charge in [-0.3, -0.25) is 14.8 Å². The number of pyridine rings is 2. The molecule has 0 fully saturated rings. The van der Waals surface area contributed by atoms with E-state index in [1.165, 1.54) is 0 Å². The molecule has 3 aromatic rings. The standard InChI is InChI=1S/C15H13N5OS/c1-10-14(22-20-19-10)15(21)18-8-11-4-6-17-13(7-11)12-3-2-5-16-9-12/h2-7,9H,8H2,1H3,(H,18,21). The number of carbonyl (C=O) groups is 1. The molecule has 0 spiro atoms. The summed E-state index contributed by atoms with van der Waals surface area (Å²) in [6.45, 7) is 2.19. The van der Waals surface area contributed by atoms with Crippen molar-refractivity contribution in [2.75, 3.05) is 0 Å². The summed E-state index contributed by atoms with van der Waals surface area (Å²) in [6.07, 6.45) is 5.21.